The van der Waals surface area contributed by atoms with Gasteiger partial charge >= 0.3 is 0 Å². The van der Waals surface area contributed by atoms with Crippen molar-refractivity contribution in [1.82, 2.24) is 19.6 Å². The number of nitrogens with one attached hydrogen (secondary N) is 1. The number of carbonyl (C=O) groups excluding carboxylic acids is 2. The Morgan fingerprint density at radius 1 is 1.00 bits per heavy atom. The zero-order valence-electron chi connectivity index (χ0n) is 20.6. The highest BCUT2D eigenvalue weighted by Gasteiger charge is 2.16. The third-order valence-corrected chi connectivity index (χ3v) is 6.31. The van der Waals surface area contributed by atoms with Crippen molar-refractivity contribution in [2.45, 2.75) is 33.1 Å². The van der Waals surface area contributed by atoms with Crippen LogP contribution in [0.15, 0.2) is 48.8 Å². The van der Waals surface area contributed by atoms with Gasteiger partial charge in [-0.25, -0.2) is 9.37 Å². The van der Waals surface area contributed by atoms with E-state index >= 15 is 0 Å². The van der Waals surface area contributed by atoms with Crippen LogP contribution in [0.2, 0.25) is 0 Å². The lowest BCUT2D eigenvalue weighted by molar-refractivity contribution is 0.101. The van der Waals surface area contributed by atoms with Gasteiger partial charge in [-0.15, -0.1) is 10.2 Å². The molecule has 1 aliphatic rings. The molecule has 0 atom stereocenters. The Bertz CT molecular complexity index is 1580. The molecule has 1 aliphatic heterocycles. The summed E-state index contributed by atoms with van der Waals surface area (Å²) in [6.45, 7) is 5.41. The Morgan fingerprint density at radius 3 is 2.54 bits per heavy atom. The van der Waals surface area contributed by atoms with E-state index in [0.29, 0.717) is 16.9 Å². The predicted molar refractivity (Wildman–Crippen MR) is 138 cm³/mol. The van der Waals surface area contributed by atoms with Gasteiger partial charge in [-0.1, -0.05) is 5.92 Å². The topological polar surface area (TPSA) is 92.5 Å². The fraction of sp³-hybridized carbons (Fsp3) is 0.250. The Hall–Kier alpha value is -4.58. The third kappa shape index (κ3) is 5.19. The average Bonchev–Trinajstić information content (AvgIpc) is 3.31. The average molecular weight is 497 g/mol. The van der Waals surface area contributed by atoms with E-state index in [1.807, 2.05) is 13.0 Å². The molecule has 3 aromatic heterocycles. The number of fused-ring (bicyclic) bond motifs is 1. The van der Waals surface area contributed by atoms with E-state index < -0.39 is 11.7 Å². The number of rotatable bonds is 4. The summed E-state index contributed by atoms with van der Waals surface area (Å²) in [7, 11) is 0. The second-order valence-electron chi connectivity index (χ2n) is 9.04. The molecule has 37 heavy (non-hydrogen) atoms. The minimum Gasteiger partial charge on any atom is -0.356 e. The number of hydrogen-bond donors (Lipinski definition) is 1. The summed E-state index contributed by atoms with van der Waals surface area (Å²) in [5, 5.41) is 10.9. The van der Waals surface area contributed by atoms with Crippen molar-refractivity contribution in [3.05, 3.63) is 82.7 Å². The smallest absolute Gasteiger partial charge is 0.255 e. The van der Waals surface area contributed by atoms with E-state index in [1.165, 1.54) is 31.5 Å². The second-order valence-corrected chi connectivity index (χ2v) is 9.04. The van der Waals surface area contributed by atoms with Crippen LogP contribution in [-0.2, 0) is 0 Å². The number of pyridine rings is 2. The van der Waals surface area contributed by atoms with Crippen LogP contribution in [0, 0.1) is 24.6 Å². The van der Waals surface area contributed by atoms with Gasteiger partial charge in [0.15, 0.2) is 11.4 Å². The standard InChI is InChI=1S/C28H25FN6O2/c1-18-14-23(16-30-27(18)34-12-4-3-5-13-34)31-28(37)21-6-9-24(29)20(15-21)7-10-25-32-33-26-11-8-22(19(2)36)17-35(25)26/h6,8-9,11,14-17H,3-5,12-13H2,1-2H3,(H,31,37). The van der Waals surface area contributed by atoms with Crippen molar-refractivity contribution in [1.29, 1.82) is 0 Å². The van der Waals surface area contributed by atoms with Gasteiger partial charge in [-0.05, 0) is 81.0 Å². The number of aromatic nitrogens is 4. The number of anilines is 2. The molecular formula is C28H25FN6O2. The number of carbonyl (C=O) groups is 2. The number of ketones is 1. The van der Waals surface area contributed by atoms with Gasteiger partial charge in [0.2, 0.25) is 5.82 Å². The minimum absolute atomic E-state index is 0.0434. The van der Waals surface area contributed by atoms with Crippen LogP contribution >= 0.6 is 0 Å². The summed E-state index contributed by atoms with van der Waals surface area (Å²) in [5.41, 5.74) is 2.84. The number of Topliss-reactive ketones (excluding diaryl/α,β-unsaturated/α-hetero) is 1. The van der Waals surface area contributed by atoms with Crippen molar-refractivity contribution in [2.75, 3.05) is 23.3 Å². The van der Waals surface area contributed by atoms with Gasteiger partial charge < -0.3 is 10.2 Å². The first-order chi connectivity index (χ1) is 17.9. The Labute approximate surface area is 213 Å². The van der Waals surface area contributed by atoms with Crippen LogP contribution in [0.3, 0.4) is 0 Å². The molecule has 1 N–H and O–H groups in total. The van der Waals surface area contributed by atoms with Crippen LogP contribution in [0.4, 0.5) is 15.9 Å². The molecule has 5 rings (SSSR count). The molecule has 0 bridgehead atoms. The minimum atomic E-state index is -0.564. The first kappa shape index (κ1) is 24.1. The van der Waals surface area contributed by atoms with Crippen LogP contribution in [0.5, 0.6) is 0 Å². The highest BCUT2D eigenvalue weighted by atomic mass is 19.1. The van der Waals surface area contributed by atoms with Crippen molar-refractivity contribution < 1.29 is 14.0 Å². The summed E-state index contributed by atoms with van der Waals surface area (Å²) in [6.07, 6.45) is 6.79. The van der Waals surface area contributed by atoms with E-state index in [4.69, 9.17) is 0 Å². The van der Waals surface area contributed by atoms with Gasteiger partial charge in [0.05, 0.1) is 17.4 Å². The normalized spacial score (nSPS) is 13.2. The van der Waals surface area contributed by atoms with E-state index in [-0.39, 0.29) is 22.7 Å². The highest BCUT2D eigenvalue weighted by Crippen LogP contribution is 2.24. The fourth-order valence-electron chi connectivity index (χ4n) is 4.35. The van der Waals surface area contributed by atoms with Crippen molar-refractivity contribution in [3.63, 3.8) is 0 Å². The Kier molecular flexibility index (Phi) is 6.64. The monoisotopic (exact) mass is 496 g/mol. The molecule has 0 unspecified atom stereocenters. The van der Waals surface area contributed by atoms with Gasteiger partial charge in [0, 0.05) is 30.4 Å². The lowest BCUT2D eigenvalue weighted by Gasteiger charge is -2.29. The quantitative estimate of drug-likeness (QED) is 0.332. The molecular weight excluding hydrogens is 471 g/mol. The van der Waals surface area contributed by atoms with Crippen LogP contribution in [0.25, 0.3) is 5.65 Å². The predicted octanol–water partition coefficient (Wildman–Crippen LogP) is 4.42. The van der Waals surface area contributed by atoms with Gasteiger partial charge in [0.1, 0.15) is 11.6 Å². The number of piperidine rings is 1. The number of hydrogen-bond acceptors (Lipinski definition) is 6. The summed E-state index contributed by atoms with van der Waals surface area (Å²) in [4.78, 5) is 31.5. The number of aryl methyl sites for hydroxylation is 1. The Balaban J connectivity index is 1.36. The van der Waals surface area contributed by atoms with E-state index in [2.05, 4.69) is 37.2 Å². The van der Waals surface area contributed by atoms with E-state index in [1.54, 1.807) is 28.9 Å². The van der Waals surface area contributed by atoms with Gasteiger partial charge in [-0.2, -0.15) is 0 Å². The zero-order chi connectivity index (χ0) is 25.9. The molecule has 186 valence electrons. The van der Waals surface area contributed by atoms with Crippen molar-refractivity contribution >= 4 is 28.8 Å². The SMILES string of the molecule is CC(=O)c1ccc2nnc(C#Cc3cc(C(=O)Nc4cnc(N5CCCCC5)c(C)c4)ccc3F)n2c1. The van der Waals surface area contributed by atoms with Gasteiger partial charge in [0.25, 0.3) is 5.91 Å². The maximum atomic E-state index is 14.5. The maximum Gasteiger partial charge on any atom is 0.255 e. The summed E-state index contributed by atoms with van der Waals surface area (Å²) in [5.74, 6) is 5.66. The molecule has 4 aromatic rings. The number of benzene rings is 1. The number of nitrogens with zero attached hydrogens (tertiary/aromatic N) is 5. The third-order valence-electron chi connectivity index (χ3n) is 6.31. The Morgan fingerprint density at radius 2 is 1.78 bits per heavy atom. The highest BCUT2D eigenvalue weighted by molar-refractivity contribution is 6.04. The van der Waals surface area contributed by atoms with Crippen LogP contribution < -0.4 is 10.2 Å². The van der Waals surface area contributed by atoms with E-state index in [9.17, 15) is 14.0 Å². The fourth-order valence-corrected chi connectivity index (χ4v) is 4.35. The summed E-state index contributed by atoms with van der Waals surface area (Å²) in [6, 6.07) is 9.22. The molecule has 0 saturated carbocycles. The summed E-state index contributed by atoms with van der Waals surface area (Å²) < 4.78 is 16.1. The zero-order valence-corrected chi connectivity index (χ0v) is 20.6. The number of amides is 1. The molecule has 4 heterocycles. The molecule has 0 aliphatic carbocycles. The second kappa shape index (κ2) is 10.2. The molecule has 0 radical (unpaired) electrons. The van der Waals surface area contributed by atoms with Crippen LogP contribution in [-0.4, -0.2) is 44.4 Å². The molecule has 0 spiro atoms. The lowest BCUT2D eigenvalue weighted by atomic mass is 10.1. The van der Waals surface area contributed by atoms with E-state index in [0.717, 1.165) is 37.3 Å². The molecule has 1 amide bonds. The number of halogens is 1. The first-order valence-electron chi connectivity index (χ1n) is 12.1. The van der Waals surface area contributed by atoms with Crippen molar-refractivity contribution in [2.24, 2.45) is 0 Å². The maximum absolute atomic E-state index is 14.5. The first-order valence-corrected chi connectivity index (χ1v) is 12.1. The van der Waals surface area contributed by atoms with Crippen LogP contribution in [0.1, 0.15) is 63.9 Å². The molecule has 8 nitrogen and oxygen atoms in total. The molecule has 1 aromatic carbocycles. The summed E-state index contributed by atoms with van der Waals surface area (Å²) >= 11 is 0. The van der Waals surface area contributed by atoms with Gasteiger partial charge in [-0.3, -0.25) is 14.0 Å². The molecule has 1 saturated heterocycles. The largest absolute Gasteiger partial charge is 0.356 e. The van der Waals surface area contributed by atoms with Crippen molar-refractivity contribution in [3.8, 4) is 11.8 Å². The lowest BCUT2D eigenvalue weighted by Crippen LogP contribution is -2.30. The molecule has 9 heteroatoms. The molecule has 1 fully saturated rings.